The van der Waals surface area contributed by atoms with Gasteiger partial charge in [-0.3, -0.25) is 0 Å². The molecule has 0 bridgehead atoms. The van der Waals surface area contributed by atoms with Gasteiger partial charge in [0.05, 0.1) is 12.9 Å². The zero-order chi connectivity index (χ0) is 14.3. The minimum Gasteiger partial charge on any atom is -0.496 e. The molecule has 0 heterocycles. The van der Waals surface area contributed by atoms with Gasteiger partial charge in [-0.2, -0.15) is 11.8 Å². The van der Waals surface area contributed by atoms with E-state index in [0.717, 1.165) is 23.6 Å². The van der Waals surface area contributed by atoms with E-state index in [1.54, 1.807) is 18.9 Å². The maximum Gasteiger partial charge on any atom is 0.148 e. The first kappa shape index (κ1) is 16.3. The second kappa shape index (κ2) is 7.77. The van der Waals surface area contributed by atoms with Crippen molar-refractivity contribution < 1.29 is 13.2 Å². The standard InChI is InChI=1S/C13H21NO3S2/c1-14-9-11-4-5-13(17-2)12(8-11)10-18-6-7-19(3,15)16/h4-5,8,14H,6-7,9-10H2,1-3H3. The summed E-state index contributed by atoms with van der Waals surface area (Å²) >= 11 is 1.61. The molecule has 1 aromatic carbocycles. The van der Waals surface area contributed by atoms with Crippen molar-refractivity contribution >= 4 is 21.6 Å². The molecule has 0 fully saturated rings. The monoisotopic (exact) mass is 303 g/mol. The number of thioether (sulfide) groups is 1. The number of hydrogen-bond acceptors (Lipinski definition) is 5. The van der Waals surface area contributed by atoms with Crippen LogP contribution in [0.15, 0.2) is 18.2 Å². The number of rotatable bonds is 8. The van der Waals surface area contributed by atoms with Crippen molar-refractivity contribution in [2.24, 2.45) is 0 Å². The lowest BCUT2D eigenvalue weighted by atomic mass is 10.1. The van der Waals surface area contributed by atoms with Crippen molar-refractivity contribution in [3.63, 3.8) is 0 Å². The zero-order valence-electron chi connectivity index (χ0n) is 11.6. The van der Waals surface area contributed by atoms with E-state index in [4.69, 9.17) is 4.74 Å². The molecular weight excluding hydrogens is 282 g/mol. The third-order valence-electron chi connectivity index (χ3n) is 2.58. The van der Waals surface area contributed by atoms with Gasteiger partial charge >= 0.3 is 0 Å². The van der Waals surface area contributed by atoms with Gasteiger partial charge in [0, 0.05) is 29.9 Å². The molecule has 0 aromatic heterocycles. The highest BCUT2D eigenvalue weighted by Crippen LogP contribution is 2.24. The number of methoxy groups -OCH3 is 1. The fourth-order valence-corrected chi connectivity index (χ4v) is 3.92. The SMILES string of the molecule is CNCc1ccc(OC)c(CSCCS(C)(=O)=O)c1. The molecule has 0 saturated heterocycles. The smallest absolute Gasteiger partial charge is 0.148 e. The predicted molar refractivity (Wildman–Crippen MR) is 81.6 cm³/mol. The van der Waals surface area contributed by atoms with Gasteiger partial charge < -0.3 is 10.1 Å². The summed E-state index contributed by atoms with van der Waals surface area (Å²) in [7, 11) is 0.685. The van der Waals surface area contributed by atoms with Crippen LogP contribution in [-0.2, 0) is 22.1 Å². The van der Waals surface area contributed by atoms with Crippen molar-refractivity contribution in [1.82, 2.24) is 5.32 Å². The first-order valence-electron chi connectivity index (χ1n) is 6.02. The third kappa shape index (κ3) is 6.31. The molecule has 0 amide bonds. The van der Waals surface area contributed by atoms with Crippen LogP contribution in [0.3, 0.4) is 0 Å². The molecule has 0 aliphatic carbocycles. The Balaban J connectivity index is 2.62. The van der Waals surface area contributed by atoms with Crippen LogP contribution < -0.4 is 10.1 Å². The third-order valence-corrected chi connectivity index (χ3v) is 4.79. The van der Waals surface area contributed by atoms with Crippen LogP contribution in [0.25, 0.3) is 0 Å². The van der Waals surface area contributed by atoms with Gasteiger partial charge in [-0.05, 0) is 24.7 Å². The van der Waals surface area contributed by atoms with E-state index in [1.165, 1.54) is 11.8 Å². The van der Waals surface area contributed by atoms with Gasteiger partial charge in [-0.15, -0.1) is 0 Å². The van der Waals surface area contributed by atoms with Crippen molar-refractivity contribution in [3.8, 4) is 5.75 Å². The zero-order valence-corrected chi connectivity index (χ0v) is 13.2. The summed E-state index contributed by atoms with van der Waals surface area (Å²) in [5, 5.41) is 3.11. The number of nitrogens with one attached hydrogen (secondary N) is 1. The first-order chi connectivity index (χ1) is 8.96. The van der Waals surface area contributed by atoms with E-state index in [2.05, 4.69) is 11.4 Å². The summed E-state index contributed by atoms with van der Waals surface area (Å²) in [6.45, 7) is 0.811. The van der Waals surface area contributed by atoms with Crippen LogP contribution >= 0.6 is 11.8 Å². The molecule has 0 aliphatic heterocycles. The predicted octanol–water partition coefficient (Wildman–Crippen LogP) is 1.69. The minimum absolute atomic E-state index is 0.218. The summed E-state index contributed by atoms with van der Waals surface area (Å²) in [6.07, 6.45) is 1.27. The second-order valence-electron chi connectivity index (χ2n) is 4.36. The summed E-state index contributed by atoms with van der Waals surface area (Å²) in [5.74, 6) is 2.44. The number of hydrogen-bond donors (Lipinski definition) is 1. The first-order valence-corrected chi connectivity index (χ1v) is 9.23. The molecule has 1 aromatic rings. The number of benzene rings is 1. The Hall–Kier alpha value is -0.720. The Morgan fingerprint density at radius 1 is 1.37 bits per heavy atom. The van der Waals surface area contributed by atoms with Gasteiger partial charge in [0.15, 0.2) is 0 Å². The molecule has 0 radical (unpaired) electrons. The lowest BCUT2D eigenvalue weighted by molar-refractivity contribution is 0.411. The molecule has 6 heteroatoms. The molecule has 0 saturated carbocycles. The van der Waals surface area contributed by atoms with Gasteiger partial charge in [-0.1, -0.05) is 6.07 Å². The summed E-state index contributed by atoms with van der Waals surface area (Å²) in [6, 6.07) is 6.09. The Morgan fingerprint density at radius 2 is 2.11 bits per heavy atom. The summed E-state index contributed by atoms with van der Waals surface area (Å²) in [4.78, 5) is 0. The van der Waals surface area contributed by atoms with Gasteiger partial charge in [0.2, 0.25) is 0 Å². The van der Waals surface area contributed by atoms with Crippen molar-refractivity contribution in [1.29, 1.82) is 0 Å². The molecule has 1 rings (SSSR count). The average molecular weight is 303 g/mol. The van der Waals surface area contributed by atoms with E-state index >= 15 is 0 Å². The van der Waals surface area contributed by atoms with Crippen molar-refractivity contribution in [2.45, 2.75) is 12.3 Å². The van der Waals surface area contributed by atoms with Crippen LogP contribution in [0.5, 0.6) is 5.75 Å². The molecule has 19 heavy (non-hydrogen) atoms. The molecule has 4 nitrogen and oxygen atoms in total. The van der Waals surface area contributed by atoms with Crippen LogP contribution in [0.4, 0.5) is 0 Å². The maximum atomic E-state index is 11.1. The fourth-order valence-electron chi connectivity index (χ4n) is 1.65. The van der Waals surface area contributed by atoms with Gasteiger partial charge in [0.1, 0.15) is 15.6 Å². The lowest BCUT2D eigenvalue weighted by Gasteiger charge is -2.10. The van der Waals surface area contributed by atoms with Gasteiger partial charge in [-0.25, -0.2) is 8.42 Å². The second-order valence-corrected chi connectivity index (χ2v) is 7.72. The van der Waals surface area contributed by atoms with Gasteiger partial charge in [0.25, 0.3) is 0 Å². The Labute approximate surface area is 119 Å². The summed E-state index contributed by atoms with van der Waals surface area (Å²) < 4.78 is 27.4. The van der Waals surface area contributed by atoms with Crippen LogP contribution in [0, 0.1) is 0 Å². The molecule has 0 aliphatic rings. The van der Waals surface area contributed by atoms with E-state index in [1.807, 2.05) is 19.2 Å². The molecule has 0 atom stereocenters. The maximum absolute atomic E-state index is 11.1. The lowest BCUT2D eigenvalue weighted by Crippen LogP contribution is -2.06. The molecular formula is C13H21NO3S2. The largest absolute Gasteiger partial charge is 0.496 e. The highest BCUT2D eigenvalue weighted by Gasteiger charge is 2.06. The minimum atomic E-state index is -2.87. The quantitative estimate of drug-likeness (QED) is 0.741. The van der Waals surface area contributed by atoms with E-state index in [-0.39, 0.29) is 5.75 Å². The molecule has 0 unspecified atom stereocenters. The topological polar surface area (TPSA) is 55.4 Å². The molecule has 0 spiro atoms. The summed E-state index contributed by atoms with van der Waals surface area (Å²) in [5.41, 5.74) is 2.30. The van der Waals surface area contributed by atoms with Crippen molar-refractivity contribution in [3.05, 3.63) is 29.3 Å². The Kier molecular flexibility index (Phi) is 6.68. The highest BCUT2D eigenvalue weighted by atomic mass is 32.2. The molecule has 1 N–H and O–H groups in total. The van der Waals surface area contributed by atoms with Crippen LogP contribution in [0.2, 0.25) is 0 Å². The normalized spacial score (nSPS) is 11.5. The highest BCUT2D eigenvalue weighted by molar-refractivity contribution is 7.99. The molecule has 108 valence electrons. The number of sulfone groups is 1. The Morgan fingerprint density at radius 3 is 2.68 bits per heavy atom. The van der Waals surface area contributed by atoms with E-state index < -0.39 is 9.84 Å². The average Bonchev–Trinajstić information content (AvgIpc) is 2.34. The van der Waals surface area contributed by atoms with Crippen LogP contribution in [0.1, 0.15) is 11.1 Å². The van der Waals surface area contributed by atoms with Crippen molar-refractivity contribution in [2.75, 3.05) is 31.9 Å². The number of ether oxygens (including phenoxy) is 1. The van der Waals surface area contributed by atoms with E-state index in [9.17, 15) is 8.42 Å². The fraction of sp³-hybridized carbons (Fsp3) is 0.538. The Bertz CT molecular complexity index is 501. The van der Waals surface area contributed by atoms with E-state index in [0.29, 0.717) is 5.75 Å². The van der Waals surface area contributed by atoms with Crippen LogP contribution in [-0.4, -0.2) is 40.3 Å².